The molecule has 0 aliphatic carbocycles. The summed E-state index contributed by atoms with van der Waals surface area (Å²) in [5.41, 5.74) is 5.57. The fraction of sp³-hybridized carbons (Fsp3) is 0.364. The van der Waals surface area contributed by atoms with E-state index in [-0.39, 0.29) is 29.2 Å². The highest BCUT2D eigenvalue weighted by molar-refractivity contribution is 8.00. The summed E-state index contributed by atoms with van der Waals surface area (Å²) in [5, 5.41) is 17.3. The number of urea groups is 1. The molecule has 2 unspecified atom stereocenters. The number of benzene rings is 3. The molecule has 12 heteroatoms. The van der Waals surface area contributed by atoms with Crippen molar-refractivity contribution in [2.24, 2.45) is 4.99 Å². The number of nitrogens with one attached hydrogen (secondary N) is 4. The Morgan fingerprint density at radius 2 is 1.82 bits per heavy atom. The number of rotatable bonds is 10. The molecule has 0 bridgehead atoms. The lowest BCUT2D eigenvalue weighted by Crippen LogP contribution is -2.53. The number of amidine groups is 1. The first-order valence-electron chi connectivity index (χ1n) is 14.8. The Hall–Kier alpha value is -4.19. The topological polar surface area (TPSA) is 102 Å². The van der Waals surface area contributed by atoms with Crippen LogP contribution in [-0.2, 0) is 6.42 Å². The third kappa shape index (κ3) is 10.2. The van der Waals surface area contributed by atoms with E-state index in [4.69, 9.17) is 5.41 Å². The number of hydrogen-bond donors (Lipinski definition) is 4. The highest BCUT2D eigenvalue weighted by Crippen LogP contribution is 2.34. The molecule has 3 aromatic rings. The Labute approximate surface area is 266 Å². The summed E-state index contributed by atoms with van der Waals surface area (Å²) in [7, 11) is 0. The molecule has 1 saturated heterocycles. The Kier molecular flexibility index (Phi) is 11.4. The molecular formula is C33H39F3N6O2S. The van der Waals surface area contributed by atoms with Crippen LogP contribution in [0.15, 0.2) is 71.7 Å². The van der Waals surface area contributed by atoms with Crippen LogP contribution >= 0.6 is 11.8 Å². The van der Waals surface area contributed by atoms with Crippen LogP contribution in [0.3, 0.4) is 0 Å². The van der Waals surface area contributed by atoms with E-state index < -0.39 is 6.36 Å². The lowest BCUT2D eigenvalue weighted by Gasteiger charge is -2.39. The maximum Gasteiger partial charge on any atom is 0.573 e. The van der Waals surface area contributed by atoms with Crippen molar-refractivity contribution in [1.29, 1.82) is 5.41 Å². The van der Waals surface area contributed by atoms with Crippen molar-refractivity contribution in [3.8, 4) is 5.75 Å². The Morgan fingerprint density at radius 1 is 1.11 bits per heavy atom. The molecule has 3 aromatic carbocycles. The summed E-state index contributed by atoms with van der Waals surface area (Å²) >= 11 is 1.74. The average Bonchev–Trinajstić information content (AvgIpc) is 2.97. The van der Waals surface area contributed by atoms with Crippen LogP contribution < -0.4 is 25.6 Å². The van der Waals surface area contributed by atoms with Gasteiger partial charge in [-0.25, -0.2) is 9.79 Å². The van der Waals surface area contributed by atoms with Crippen LogP contribution in [0.1, 0.15) is 55.4 Å². The predicted molar refractivity (Wildman–Crippen MR) is 177 cm³/mol. The van der Waals surface area contributed by atoms with Gasteiger partial charge in [-0.1, -0.05) is 50.2 Å². The van der Waals surface area contributed by atoms with Gasteiger partial charge < -0.3 is 25.6 Å². The SMILES string of the molecule is Cc1ccc(C(C)C)c(N2CCCSC2NC(=O)NC(C)Cc2ccc(C(=N)/N=C\Nc3ccc(OC(F)(F)F)cc3)cc2)c1. The van der Waals surface area contributed by atoms with Gasteiger partial charge >= 0.3 is 12.4 Å². The quantitative estimate of drug-likeness (QED) is 0.135. The minimum absolute atomic E-state index is 0.0143. The second-order valence-corrected chi connectivity index (χ2v) is 12.4. The molecule has 4 rings (SSSR count). The van der Waals surface area contributed by atoms with Crippen molar-refractivity contribution < 1.29 is 22.7 Å². The second kappa shape index (κ2) is 15.2. The molecule has 240 valence electrons. The van der Waals surface area contributed by atoms with Gasteiger partial charge in [0.25, 0.3) is 0 Å². The highest BCUT2D eigenvalue weighted by atomic mass is 32.2. The zero-order valence-corrected chi connectivity index (χ0v) is 26.6. The van der Waals surface area contributed by atoms with Crippen molar-refractivity contribution >= 4 is 41.3 Å². The van der Waals surface area contributed by atoms with E-state index in [9.17, 15) is 18.0 Å². The largest absolute Gasteiger partial charge is 0.573 e. The monoisotopic (exact) mass is 640 g/mol. The van der Waals surface area contributed by atoms with Gasteiger partial charge in [-0.3, -0.25) is 5.41 Å². The molecular weight excluding hydrogens is 601 g/mol. The molecule has 4 N–H and O–H groups in total. The molecule has 1 heterocycles. The van der Waals surface area contributed by atoms with Crippen molar-refractivity contribution in [1.82, 2.24) is 10.6 Å². The summed E-state index contributed by atoms with van der Waals surface area (Å²) in [5.74, 6) is 1.04. The number of aliphatic imine (C=N–C) groups is 1. The number of anilines is 2. The summed E-state index contributed by atoms with van der Waals surface area (Å²) < 4.78 is 40.8. The minimum Gasteiger partial charge on any atom is -0.406 e. The third-order valence-corrected chi connectivity index (χ3v) is 8.35. The number of carbonyl (C=O) groups is 1. The third-order valence-electron chi connectivity index (χ3n) is 7.13. The van der Waals surface area contributed by atoms with Crippen molar-refractivity contribution in [3.05, 3.63) is 89.0 Å². The Bertz CT molecular complexity index is 1480. The summed E-state index contributed by atoms with van der Waals surface area (Å²) in [4.78, 5) is 19.4. The number of amides is 2. The van der Waals surface area contributed by atoms with Crippen LogP contribution in [0.2, 0.25) is 0 Å². The Balaban J connectivity index is 1.27. The van der Waals surface area contributed by atoms with Crippen LogP contribution in [0.25, 0.3) is 0 Å². The van der Waals surface area contributed by atoms with Crippen LogP contribution in [0, 0.1) is 12.3 Å². The number of halogens is 3. The zero-order chi connectivity index (χ0) is 32.6. The van der Waals surface area contributed by atoms with Crippen LogP contribution in [0.4, 0.5) is 29.3 Å². The normalized spacial score (nSPS) is 16.0. The number of thioether (sulfide) groups is 1. The molecule has 2 amide bonds. The van der Waals surface area contributed by atoms with E-state index >= 15 is 0 Å². The van der Waals surface area contributed by atoms with Crippen LogP contribution in [0.5, 0.6) is 5.75 Å². The predicted octanol–water partition coefficient (Wildman–Crippen LogP) is 7.64. The average molecular weight is 641 g/mol. The van der Waals surface area contributed by atoms with E-state index in [0.717, 1.165) is 24.3 Å². The van der Waals surface area contributed by atoms with Crippen molar-refractivity contribution in [3.63, 3.8) is 0 Å². The first-order valence-corrected chi connectivity index (χ1v) is 15.8. The Morgan fingerprint density at radius 3 is 2.49 bits per heavy atom. The summed E-state index contributed by atoms with van der Waals surface area (Å²) in [6.07, 6.45) is -1.79. The fourth-order valence-electron chi connectivity index (χ4n) is 4.97. The van der Waals surface area contributed by atoms with Gasteiger partial charge in [0, 0.05) is 29.5 Å². The number of aryl methyl sites for hydroxylation is 1. The first-order chi connectivity index (χ1) is 21.4. The number of hydrogen-bond acceptors (Lipinski definition) is 5. The van der Waals surface area contributed by atoms with Gasteiger partial charge in [-0.05, 0) is 85.4 Å². The van der Waals surface area contributed by atoms with Gasteiger partial charge in [0.15, 0.2) is 11.3 Å². The van der Waals surface area contributed by atoms with E-state index in [0.29, 0.717) is 23.6 Å². The maximum atomic E-state index is 13.0. The van der Waals surface area contributed by atoms with E-state index in [2.05, 4.69) is 69.5 Å². The molecule has 0 aromatic heterocycles. The summed E-state index contributed by atoms with van der Waals surface area (Å²) in [6, 6.07) is 18.8. The van der Waals surface area contributed by atoms with Crippen molar-refractivity contribution in [2.45, 2.75) is 64.4 Å². The highest BCUT2D eigenvalue weighted by Gasteiger charge is 2.31. The van der Waals surface area contributed by atoms with Gasteiger partial charge in [0.05, 0.1) is 6.34 Å². The minimum atomic E-state index is -4.75. The molecule has 1 fully saturated rings. The molecule has 1 aliphatic rings. The lowest BCUT2D eigenvalue weighted by molar-refractivity contribution is -0.274. The first kappa shape index (κ1) is 33.7. The molecule has 2 atom stereocenters. The molecule has 1 aliphatic heterocycles. The molecule has 0 radical (unpaired) electrons. The number of nitrogens with zero attached hydrogens (tertiary/aromatic N) is 2. The lowest BCUT2D eigenvalue weighted by atomic mass is 9.98. The molecule has 45 heavy (non-hydrogen) atoms. The van der Waals surface area contributed by atoms with Crippen molar-refractivity contribution in [2.75, 3.05) is 22.5 Å². The van der Waals surface area contributed by atoms with Crippen LogP contribution in [-0.4, -0.2) is 48.4 Å². The number of carbonyl (C=O) groups excluding carboxylic acids is 1. The smallest absolute Gasteiger partial charge is 0.406 e. The fourth-order valence-corrected chi connectivity index (χ4v) is 6.08. The maximum absolute atomic E-state index is 13.0. The number of alkyl halides is 3. The standard InChI is InChI=1S/C33H39F3N6O2S/c1-21(2)28-15-6-22(3)18-29(28)42-16-5-17-45-32(42)41-31(43)40-23(4)19-24-7-9-25(10-8-24)30(37)39-20-38-26-11-13-27(14-12-26)44-33(34,35)36/h6-15,18,20-21,23,32H,5,16-17,19H2,1-4H3,(H2,37,38,39)(H2,40,41,43). The second-order valence-electron chi connectivity index (χ2n) is 11.2. The van der Waals surface area contributed by atoms with E-state index in [1.807, 2.05) is 19.1 Å². The number of ether oxygens (including phenoxy) is 1. The van der Waals surface area contributed by atoms with Gasteiger partial charge in [-0.2, -0.15) is 0 Å². The van der Waals surface area contributed by atoms with Gasteiger partial charge in [0.1, 0.15) is 5.75 Å². The zero-order valence-electron chi connectivity index (χ0n) is 25.7. The van der Waals surface area contributed by atoms with Gasteiger partial charge in [-0.15, -0.1) is 24.9 Å². The molecule has 8 nitrogen and oxygen atoms in total. The molecule has 0 saturated carbocycles. The van der Waals surface area contributed by atoms with E-state index in [1.54, 1.807) is 23.9 Å². The van der Waals surface area contributed by atoms with Gasteiger partial charge in [0.2, 0.25) is 0 Å². The summed E-state index contributed by atoms with van der Waals surface area (Å²) in [6.45, 7) is 9.30. The van der Waals surface area contributed by atoms with E-state index in [1.165, 1.54) is 47.4 Å². The molecule has 0 spiro atoms.